The number of benzene rings is 1. The van der Waals surface area contributed by atoms with E-state index in [-0.39, 0.29) is 28.7 Å². The molecule has 0 N–H and O–H groups in total. The van der Waals surface area contributed by atoms with Crippen molar-refractivity contribution in [1.82, 2.24) is 5.01 Å². The number of carbonyl (C=O) groups is 1. The van der Waals surface area contributed by atoms with Crippen molar-refractivity contribution in [3.05, 3.63) is 65.3 Å². The number of fused-ring (bicyclic) bond motifs is 2. The fourth-order valence-corrected chi connectivity index (χ4v) is 7.12. The first-order chi connectivity index (χ1) is 13.2. The van der Waals surface area contributed by atoms with Gasteiger partial charge in [-0.1, -0.05) is 36.0 Å². The van der Waals surface area contributed by atoms with Gasteiger partial charge in [-0.05, 0) is 40.0 Å². The summed E-state index contributed by atoms with van der Waals surface area (Å²) in [5, 5.41) is 5.92. The summed E-state index contributed by atoms with van der Waals surface area (Å²) in [5.41, 5.74) is 0.714. The number of carbonyl (C=O) groups excluding carboxylic acids is 1. The van der Waals surface area contributed by atoms with Crippen LogP contribution < -0.4 is 0 Å². The van der Waals surface area contributed by atoms with Crippen LogP contribution in [0.15, 0.2) is 69.7 Å². The molecule has 0 bridgehead atoms. The van der Waals surface area contributed by atoms with Gasteiger partial charge in [0, 0.05) is 35.1 Å². The topological polar surface area (TPSA) is 49.7 Å². The third kappa shape index (κ3) is 2.95. The molecule has 1 aliphatic carbocycles. The lowest BCUT2D eigenvalue weighted by Crippen LogP contribution is -2.45. The van der Waals surface area contributed by atoms with Gasteiger partial charge in [-0.3, -0.25) is 9.00 Å². The predicted molar refractivity (Wildman–Crippen MR) is 110 cm³/mol. The van der Waals surface area contributed by atoms with E-state index in [9.17, 15) is 17.8 Å². The zero-order valence-corrected chi connectivity index (χ0v) is 16.8. The number of hydrazone groups is 1. The van der Waals surface area contributed by atoms with Gasteiger partial charge in [0.1, 0.15) is 21.6 Å². The molecule has 1 aromatic rings. The highest BCUT2D eigenvalue weighted by atomic mass is 32.2. The smallest absolute Gasteiger partial charge is 0.241 e. The highest BCUT2D eigenvalue weighted by Crippen LogP contribution is 2.54. The third-order valence-corrected chi connectivity index (χ3v) is 8.41. The Balaban J connectivity index is 1.87. The Morgan fingerprint density at radius 1 is 1.36 bits per heavy atom. The maximum Gasteiger partial charge on any atom is 0.241 e. The summed E-state index contributed by atoms with van der Waals surface area (Å²) in [5.74, 6) is 2.74. The summed E-state index contributed by atoms with van der Waals surface area (Å²) in [7, 11) is -2.49. The maximum atomic E-state index is 14.6. The first-order valence-electron chi connectivity index (χ1n) is 8.70. The van der Waals surface area contributed by atoms with Gasteiger partial charge in [0.25, 0.3) is 0 Å². The molecule has 0 radical (unpaired) electrons. The summed E-state index contributed by atoms with van der Waals surface area (Å²) in [4.78, 5) is 12.1. The van der Waals surface area contributed by atoms with E-state index in [4.69, 9.17) is 0 Å². The molecule has 4 rings (SSSR count). The van der Waals surface area contributed by atoms with E-state index in [2.05, 4.69) is 11.0 Å². The van der Waals surface area contributed by atoms with Crippen molar-refractivity contribution in [2.75, 3.05) is 5.75 Å². The minimum Gasteiger partial charge on any atom is -0.273 e. The van der Waals surface area contributed by atoms with Gasteiger partial charge in [-0.25, -0.2) is 13.8 Å². The number of amides is 1. The maximum absolute atomic E-state index is 14.6. The fourth-order valence-electron chi connectivity index (χ4n) is 3.64. The second-order valence-electron chi connectivity index (χ2n) is 6.84. The molecule has 28 heavy (non-hydrogen) atoms. The number of hydrogen-bond acceptors (Lipinski definition) is 4. The van der Waals surface area contributed by atoms with Crippen molar-refractivity contribution < 1.29 is 17.8 Å². The van der Waals surface area contributed by atoms with Gasteiger partial charge >= 0.3 is 0 Å². The Bertz CT molecular complexity index is 1100. The average molecular weight is 421 g/mol. The van der Waals surface area contributed by atoms with Crippen LogP contribution in [0.2, 0.25) is 0 Å². The van der Waals surface area contributed by atoms with Crippen LogP contribution in [0, 0.1) is 0 Å². The van der Waals surface area contributed by atoms with Crippen molar-refractivity contribution in [2.45, 2.75) is 29.5 Å². The average Bonchev–Trinajstić information content (AvgIpc) is 2.95. The Morgan fingerprint density at radius 3 is 2.86 bits per heavy atom. The van der Waals surface area contributed by atoms with Crippen LogP contribution in [-0.4, -0.2) is 31.8 Å². The van der Waals surface area contributed by atoms with Crippen molar-refractivity contribution in [2.24, 2.45) is 5.10 Å². The summed E-state index contributed by atoms with van der Waals surface area (Å²) >= 11 is 1.20. The quantitative estimate of drug-likeness (QED) is 0.638. The van der Waals surface area contributed by atoms with Gasteiger partial charge in [-0.15, -0.1) is 0 Å². The Kier molecular flexibility index (Phi) is 4.58. The van der Waals surface area contributed by atoms with Crippen LogP contribution >= 0.6 is 11.8 Å². The molecule has 1 aromatic carbocycles. The number of rotatable bonds is 1. The van der Waals surface area contributed by atoms with Gasteiger partial charge < -0.3 is 0 Å². The van der Waals surface area contributed by atoms with Crippen LogP contribution in [0.4, 0.5) is 8.78 Å². The van der Waals surface area contributed by atoms with Crippen LogP contribution in [0.5, 0.6) is 0 Å². The first-order valence-corrected chi connectivity index (χ1v) is 11.4. The molecule has 8 heteroatoms. The van der Waals surface area contributed by atoms with Crippen LogP contribution in [0.25, 0.3) is 0 Å². The molecule has 3 aliphatic rings. The Labute approximate surface area is 166 Å². The van der Waals surface area contributed by atoms with E-state index >= 15 is 0 Å². The van der Waals surface area contributed by atoms with Crippen LogP contribution in [0.1, 0.15) is 25.3 Å². The van der Waals surface area contributed by atoms with Crippen LogP contribution in [-0.2, 0) is 19.2 Å². The van der Waals surface area contributed by atoms with Gasteiger partial charge in [-0.2, -0.15) is 5.10 Å². The predicted octanol–water partition coefficient (Wildman–Crippen LogP) is 4.26. The molecular weight excluding hydrogens is 402 g/mol. The highest BCUT2D eigenvalue weighted by molar-refractivity contribution is 8.15. The molecular formula is C20H18F2N2O2S2. The SMILES string of the molecule is C=S1(=O)CCC2(SC(C3=C(F)CC=CC(F)=C3)=NN2C(C)=O)c2ccccc21. The fraction of sp³-hybridized carbons (Fsp3) is 0.250. The number of hydrogen-bond donors (Lipinski definition) is 0. The van der Waals surface area contributed by atoms with Crippen LogP contribution in [0.3, 0.4) is 0 Å². The second-order valence-corrected chi connectivity index (χ2v) is 10.6. The van der Waals surface area contributed by atoms with Crippen molar-refractivity contribution in [1.29, 1.82) is 0 Å². The number of allylic oxidation sites excluding steroid dienone is 5. The normalized spacial score (nSPS) is 29.5. The van der Waals surface area contributed by atoms with E-state index in [1.807, 2.05) is 0 Å². The molecule has 0 fully saturated rings. The molecule has 0 aromatic heterocycles. The zero-order chi connectivity index (χ0) is 20.1. The summed E-state index contributed by atoms with van der Waals surface area (Å²) in [6.45, 7) is 1.38. The van der Waals surface area contributed by atoms with Gasteiger partial charge in [0.2, 0.25) is 5.91 Å². The van der Waals surface area contributed by atoms with E-state index in [0.29, 0.717) is 16.9 Å². The molecule has 2 unspecified atom stereocenters. The third-order valence-electron chi connectivity index (χ3n) is 4.96. The minimum absolute atomic E-state index is 0.0361. The standard InChI is InChI=1S/C20H18F2N2O2S2/c1-13(25)24-20(10-11-28(2,26)18-9-4-3-7-16(18)20)27-19(23-24)15-12-14(21)6-5-8-17(15)22/h3-7,9,12H,2,8,10-11H2,1H3. The van der Waals surface area contributed by atoms with E-state index < -0.39 is 26.0 Å². The molecule has 0 saturated heterocycles. The highest BCUT2D eigenvalue weighted by Gasteiger charge is 2.52. The lowest BCUT2D eigenvalue weighted by molar-refractivity contribution is -0.132. The summed E-state index contributed by atoms with van der Waals surface area (Å²) in [6, 6.07) is 7.13. The Morgan fingerprint density at radius 2 is 2.11 bits per heavy atom. The molecule has 0 saturated carbocycles. The molecule has 4 nitrogen and oxygen atoms in total. The van der Waals surface area contributed by atoms with Crippen molar-refractivity contribution in [3.8, 4) is 0 Å². The zero-order valence-electron chi connectivity index (χ0n) is 15.2. The first kappa shape index (κ1) is 19.1. The van der Waals surface area contributed by atoms with E-state index in [1.165, 1.54) is 35.8 Å². The molecule has 2 heterocycles. The lowest BCUT2D eigenvalue weighted by Gasteiger charge is -2.40. The number of nitrogens with zero attached hydrogens (tertiary/aromatic N) is 2. The Hall–Kier alpha value is -2.19. The molecule has 2 aliphatic heterocycles. The summed E-state index contributed by atoms with van der Waals surface area (Å²) in [6.07, 6.45) is 4.01. The lowest BCUT2D eigenvalue weighted by atomic mass is 10.0. The summed E-state index contributed by atoms with van der Waals surface area (Å²) < 4.78 is 41.5. The largest absolute Gasteiger partial charge is 0.273 e. The monoisotopic (exact) mass is 420 g/mol. The van der Waals surface area contributed by atoms with Crippen molar-refractivity contribution >= 4 is 38.1 Å². The minimum atomic E-state index is -2.49. The second kappa shape index (κ2) is 6.70. The molecule has 146 valence electrons. The number of thioether (sulfide) groups is 1. The number of halogens is 2. The van der Waals surface area contributed by atoms with Gasteiger partial charge in [0.05, 0.1) is 0 Å². The molecule has 1 amide bonds. The molecule has 2 atom stereocenters. The van der Waals surface area contributed by atoms with E-state index in [0.717, 1.165) is 6.08 Å². The van der Waals surface area contributed by atoms with Crippen molar-refractivity contribution in [3.63, 3.8) is 0 Å². The molecule has 1 spiro atoms. The van der Waals surface area contributed by atoms with E-state index in [1.54, 1.807) is 24.3 Å². The van der Waals surface area contributed by atoms with Gasteiger partial charge in [0.15, 0.2) is 0 Å².